The van der Waals surface area contributed by atoms with Crippen LogP contribution >= 0.6 is 18.9 Å². The zero-order chi connectivity index (χ0) is 18.1. The van der Waals surface area contributed by atoms with Crippen molar-refractivity contribution in [3.05, 3.63) is 108 Å². The van der Waals surface area contributed by atoms with Gasteiger partial charge in [-0.1, -0.05) is 66.2 Å². The van der Waals surface area contributed by atoms with Crippen LogP contribution in [-0.2, 0) is 4.57 Å². The summed E-state index contributed by atoms with van der Waals surface area (Å²) >= 11 is 6.04. The second-order valence-electron chi connectivity index (χ2n) is 6.35. The minimum atomic E-state index is -2.96. The number of rotatable bonds is 5. The van der Waals surface area contributed by atoms with Crippen molar-refractivity contribution in [3.63, 3.8) is 0 Å². The molecule has 130 valence electrons. The molecule has 26 heavy (non-hydrogen) atoms. The summed E-state index contributed by atoms with van der Waals surface area (Å²) in [7, 11) is -2.96. The third kappa shape index (κ3) is 2.85. The van der Waals surface area contributed by atoms with Crippen molar-refractivity contribution in [2.45, 2.75) is 12.1 Å². The summed E-state index contributed by atoms with van der Waals surface area (Å²) in [5.74, 6) is 0. The fraction of sp³-hybridized carbons (Fsp3) is 0.0909. The van der Waals surface area contributed by atoms with Crippen LogP contribution in [0.5, 0.6) is 0 Å². The second-order valence-corrected chi connectivity index (χ2v) is 9.43. The van der Waals surface area contributed by atoms with Gasteiger partial charge in [0.05, 0.1) is 12.1 Å². The van der Waals surface area contributed by atoms with E-state index in [0.29, 0.717) is 5.02 Å². The Hall–Kier alpha value is -2.12. The first-order valence-corrected chi connectivity index (χ1v) is 10.6. The predicted octanol–water partition coefficient (Wildman–Crippen LogP) is 5.18. The van der Waals surface area contributed by atoms with Gasteiger partial charge in [-0.3, -0.25) is 4.57 Å². The molecule has 1 saturated heterocycles. The minimum absolute atomic E-state index is 0.0300. The Balaban J connectivity index is 1.84. The summed E-state index contributed by atoms with van der Waals surface area (Å²) < 4.78 is 16.5. The summed E-state index contributed by atoms with van der Waals surface area (Å²) in [5.41, 5.74) is 1.10. The smallest absolute Gasteiger partial charge is 0.208 e. The van der Waals surface area contributed by atoms with Crippen LogP contribution in [-0.4, -0.2) is 10.7 Å². The third-order valence-corrected chi connectivity index (χ3v) is 8.23. The molecule has 0 N–H and O–H groups in total. The largest absolute Gasteiger partial charge is 0.296 e. The zero-order valence-corrected chi connectivity index (χ0v) is 15.9. The molecular formula is C22H19ClNOP. The summed E-state index contributed by atoms with van der Waals surface area (Å²) in [6.07, 6.45) is 1.89. The van der Waals surface area contributed by atoms with E-state index in [1.165, 1.54) is 0 Å². The first kappa shape index (κ1) is 17.3. The molecule has 2 nitrogen and oxygen atoms in total. The Labute approximate surface area is 159 Å². The van der Waals surface area contributed by atoms with Crippen LogP contribution in [0, 0.1) is 0 Å². The molecule has 4 rings (SSSR count). The molecule has 0 aliphatic carbocycles. The number of hydrogen-bond donors (Lipinski definition) is 0. The van der Waals surface area contributed by atoms with E-state index in [0.717, 1.165) is 16.2 Å². The molecule has 1 aliphatic heterocycles. The highest BCUT2D eigenvalue weighted by atomic mass is 35.5. The summed E-state index contributed by atoms with van der Waals surface area (Å²) in [4.78, 5) is 0. The van der Waals surface area contributed by atoms with Gasteiger partial charge in [0.1, 0.15) is 0 Å². The van der Waals surface area contributed by atoms with Crippen LogP contribution in [0.4, 0.5) is 0 Å². The van der Waals surface area contributed by atoms with Gasteiger partial charge in [-0.15, -0.1) is 6.58 Å². The van der Waals surface area contributed by atoms with Crippen molar-refractivity contribution >= 4 is 29.5 Å². The average molecular weight is 380 g/mol. The van der Waals surface area contributed by atoms with Crippen molar-refractivity contribution in [2.24, 2.45) is 0 Å². The fourth-order valence-electron chi connectivity index (χ4n) is 3.52. The van der Waals surface area contributed by atoms with Gasteiger partial charge in [-0.25, -0.2) is 4.67 Å². The Morgan fingerprint density at radius 2 is 1.35 bits per heavy atom. The minimum Gasteiger partial charge on any atom is -0.296 e. The molecule has 1 aliphatic rings. The van der Waals surface area contributed by atoms with Crippen LogP contribution in [0.25, 0.3) is 0 Å². The van der Waals surface area contributed by atoms with Crippen molar-refractivity contribution in [2.75, 3.05) is 0 Å². The molecule has 4 heteroatoms. The van der Waals surface area contributed by atoms with Gasteiger partial charge in [0.25, 0.3) is 0 Å². The quantitative estimate of drug-likeness (QED) is 0.346. The molecule has 3 atom stereocenters. The highest BCUT2D eigenvalue weighted by Crippen LogP contribution is 2.64. The lowest BCUT2D eigenvalue weighted by Crippen LogP contribution is -2.22. The summed E-state index contributed by atoms with van der Waals surface area (Å²) in [6.45, 7) is 3.98. The average Bonchev–Trinajstić information content (AvgIpc) is 3.44. The van der Waals surface area contributed by atoms with Gasteiger partial charge >= 0.3 is 0 Å². The van der Waals surface area contributed by atoms with E-state index in [2.05, 4.69) is 11.2 Å². The molecule has 1 unspecified atom stereocenters. The van der Waals surface area contributed by atoms with E-state index >= 15 is 0 Å². The number of nitrogens with zero attached hydrogens (tertiary/aromatic N) is 1. The van der Waals surface area contributed by atoms with Gasteiger partial charge in [-0.05, 0) is 42.0 Å². The van der Waals surface area contributed by atoms with Gasteiger partial charge in [-0.2, -0.15) is 0 Å². The van der Waals surface area contributed by atoms with Crippen LogP contribution in [0.2, 0.25) is 5.02 Å². The maximum absolute atomic E-state index is 14.5. The van der Waals surface area contributed by atoms with E-state index < -0.39 is 7.29 Å². The molecule has 0 amide bonds. The van der Waals surface area contributed by atoms with E-state index in [1.54, 1.807) is 0 Å². The Morgan fingerprint density at radius 3 is 1.81 bits per heavy atom. The lowest BCUT2D eigenvalue weighted by molar-refractivity contribution is 0.557. The molecule has 0 aromatic heterocycles. The molecule has 1 fully saturated rings. The SMILES string of the molecule is C=C[C@@H]1[C@@H](c2ccc(Cl)cc2)N1P(=O)(c1ccccc1)c1ccccc1. The monoisotopic (exact) mass is 379 g/mol. The standard InChI is InChI=1S/C22H19ClNOP/c1-2-21-22(17-13-15-18(23)16-14-17)24(21)26(25,19-9-5-3-6-10-19)20-11-7-4-8-12-20/h2-16,21-22H,1H2/t21-,22-,24?/m1/s1. The van der Waals surface area contributed by atoms with Crippen molar-refractivity contribution in [1.29, 1.82) is 0 Å². The zero-order valence-electron chi connectivity index (χ0n) is 14.2. The van der Waals surface area contributed by atoms with Gasteiger partial charge in [0, 0.05) is 15.6 Å². The molecular weight excluding hydrogens is 361 g/mol. The maximum atomic E-state index is 14.5. The second kappa shape index (κ2) is 6.89. The van der Waals surface area contributed by atoms with Crippen molar-refractivity contribution in [1.82, 2.24) is 4.67 Å². The van der Waals surface area contributed by atoms with E-state index in [4.69, 9.17) is 11.6 Å². The summed E-state index contributed by atoms with van der Waals surface area (Å²) in [6, 6.07) is 27.3. The molecule has 0 spiro atoms. The molecule has 3 aromatic carbocycles. The highest BCUT2D eigenvalue weighted by molar-refractivity contribution is 7.76. The number of hydrogen-bond acceptors (Lipinski definition) is 1. The van der Waals surface area contributed by atoms with Crippen molar-refractivity contribution in [3.8, 4) is 0 Å². The third-order valence-electron chi connectivity index (χ3n) is 4.81. The molecule has 3 aromatic rings. The highest BCUT2D eigenvalue weighted by Gasteiger charge is 2.57. The number of halogens is 1. The molecule has 0 bridgehead atoms. The lowest BCUT2D eigenvalue weighted by Gasteiger charge is -2.22. The van der Waals surface area contributed by atoms with Gasteiger partial charge in [0.2, 0.25) is 7.29 Å². The van der Waals surface area contributed by atoms with Gasteiger partial charge in [0.15, 0.2) is 0 Å². The molecule has 1 heterocycles. The van der Waals surface area contributed by atoms with Crippen molar-refractivity contribution < 1.29 is 4.57 Å². The Bertz CT molecular complexity index is 913. The first-order chi connectivity index (χ1) is 12.7. The summed E-state index contributed by atoms with van der Waals surface area (Å²) in [5, 5.41) is 2.38. The Morgan fingerprint density at radius 1 is 0.846 bits per heavy atom. The van der Waals surface area contributed by atoms with Crippen LogP contribution in [0.15, 0.2) is 97.6 Å². The normalized spacial score (nSPS) is 22.0. The molecule has 0 radical (unpaired) electrons. The first-order valence-electron chi connectivity index (χ1n) is 8.54. The molecule has 0 saturated carbocycles. The van der Waals surface area contributed by atoms with Gasteiger partial charge < -0.3 is 0 Å². The van der Waals surface area contributed by atoms with E-state index in [9.17, 15) is 4.57 Å². The van der Waals surface area contributed by atoms with Crippen LogP contribution in [0.1, 0.15) is 11.6 Å². The number of benzene rings is 3. The topological polar surface area (TPSA) is 20.1 Å². The van der Waals surface area contributed by atoms with Crippen LogP contribution < -0.4 is 10.6 Å². The maximum Gasteiger partial charge on any atom is 0.208 e. The fourth-order valence-corrected chi connectivity index (χ4v) is 6.79. The van der Waals surface area contributed by atoms with E-state index in [1.807, 2.05) is 91.0 Å². The Kier molecular flexibility index (Phi) is 4.58. The van der Waals surface area contributed by atoms with E-state index in [-0.39, 0.29) is 12.1 Å². The predicted molar refractivity (Wildman–Crippen MR) is 110 cm³/mol. The van der Waals surface area contributed by atoms with Crippen LogP contribution in [0.3, 0.4) is 0 Å². The lowest BCUT2D eigenvalue weighted by atomic mass is 10.1.